The van der Waals surface area contributed by atoms with Crippen LogP contribution in [0.25, 0.3) is 0 Å². The van der Waals surface area contributed by atoms with Crippen molar-refractivity contribution in [3.8, 4) is 0 Å². The van der Waals surface area contributed by atoms with Crippen LogP contribution in [0.4, 0.5) is 0 Å². The molecule has 1 aliphatic rings. The average molecular weight is 334 g/mol. The van der Waals surface area contributed by atoms with Crippen molar-refractivity contribution in [1.29, 1.82) is 0 Å². The molecule has 1 rings (SSSR count). The second-order valence-corrected chi connectivity index (χ2v) is 6.42. The molecule has 1 saturated heterocycles. The van der Waals surface area contributed by atoms with Crippen molar-refractivity contribution in [2.75, 3.05) is 6.61 Å². The zero-order valence-electron chi connectivity index (χ0n) is 14.3. The highest BCUT2D eigenvalue weighted by atomic mass is 16.7. The predicted octanol–water partition coefficient (Wildman–Crippen LogP) is 1.68. The zero-order valence-corrected chi connectivity index (χ0v) is 14.3. The molecule has 0 aromatic heterocycles. The van der Waals surface area contributed by atoms with Crippen LogP contribution in [0.3, 0.4) is 0 Å². The van der Waals surface area contributed by atoms with E-state index in [1.54, 1.807) is 0 Å². The van der Waals surface area contributed by atoms with Crippen molar-refractivity contribution in [3.05, 3.63) is 0 Å². The first-order valence-corrected chi connectivity index (χ1v) is 9.07. The minimum Gasteiger partial charge on any atom is -0.387 e. The van der Waals surface area contributed by atoms with Crippen molar-refractivity contribution in [3.63, 3.8) is 0 Å². The van der Waals surface area contributed by atoms with Crippen LogP contribution in [0.5, 0.6) is 0 Å². The molecule has 5 unspecified atom stereocenters. The van der Waals surface area contributed by atoms with Gasteiger partial charge in [-0.25, -0.2) is 0 Å². The highest BCUT2D eigenvalue weighted by Gasteiger charge is 2.43. The minimum atomic E-state index is -1.54. The summed E-state index contributed by atoms with van der Waals surface area (Å²) in [7, 11) is 0. The summed E-state index contributed by atoms with van der Waals surface area (Å²) in [5.74, 6) is 0. The van der Waals surface area contributed by atoms with Gasteiger partial charge in [0, 0.05) is 6.61 Å². The molecule has 1 aliphatic heterocycles. The third kappa shape index (κ3) is 7.92. The van der Waals surface area contributed by atoms with Crippen molar-refractivity contribution in [2.24, 2.45) is 0 Å². The molecule has 0 amide bonds. The fourth-order valence-electron chi connectivity index (χ4n) is 2.76. The molecule has 0 aliphatic carbocycles. The SMILES string of the molecule is CCCCCCCCCCCCOC1OC(O)C(O)C(O)C1O. The fraction of sp³-hybridized carbons (Fsp3) is 1.00. The first kappa shape index (κ1) is 20.8. The van der Waals surface area contributed by atoms with Crippen LogP contribution < -0.4 is 0 Å². The van der Waals surface area contributed by atoms with E-state index >= 15 is 0 Å². The molecule has 138 valence electrons. The maximum Gasteiger partial charge on any atom is 0.189 e. The van der Waals surface area contributed by atoms with E-state index in [-0.39, 0.29) is 0 Å². The molecule has 0 spiro atoms. The van der Waals surface area contributed by atoms with Gasteiger partial charge in [0.05, 0.1) is 0 Å². The summed E-state index contributed by atoms with van der Waals surface area (Å²) in [4.78, 5) is 0. The smallest absolute Gasteiger partial charge is 0.189 e. The zero-order chi connectivity index (χ0) is 17.1. The Hall–Kier alpha value is -0.240. The van der Waals surface area contributed by atoms with Gasteiger partial charge in [0.15, 0.2) is 12.6 Å². The summed E-state index contributed by atoms with van der Waals surface area (Å²) in [6.07, 6.45) is 5.24. The predicted molar refractivity (Wildman–Crippen MR) is 86.7 cm³/mol. The van der Waals surface area contributed by atoms with Gasteiger partial charge >= 0.3 is 0 Å². The monoisotopic (exact) mass is 334 g/mol. The lowest BCUT2D eigenvalue weighted by Gasteiger charge is -2.37. The quantitative estimate of drug-likeness (QED) is 0.405. The van der Waals surface area contributed by atoms with Gasteiger partial charge in [-0.15, -0.1) is 0 Å². The van der Waals surface area contributed by atoms with Crippen molar-refractivity contribution in [1.82, 2.24) is 0 Å². The Balaban J connectivity index is 1.96. The Bertz CT molecular complexity index is 288. The van der Waals surface area contributed by atoms with Crippen molar-refractivity contribution >= 4 is 0 Å². The number of hydrogen-bond donors (Lipinski definition) is 4. The topological polar surface area (TPSA) is 99.4 Å². The van der Waals surface area contributed by atoms with Crippen LogP contribution in [-0.2, 0) is 9.47 Å². The maximum absolute atomic E-state index is 9.72. The van der Waals surface area contributed by atoms with E-state index in [1.165, 1.54) is 44.9 Å². The number of rotatable bonds is 12. The Morgan fingerprint density at radius 1 is 0.696 bits per heavy atom. The second kappa shape index (κ2) is 12.2. The molecule has 0 saturated carbocycles. The summed E-state index contributed by atoms with van der Waals surface area (Å²) < 4.78 is 10.3. The van der Waals surface area contributed by atoms with Crippen LogP contribution in [0.1, 0.15) is 71.1 Å². The summed E-state index contributed by atoms with van der Waals surface area (Å²) in [5, 5.41) is 38.0. The van der Waals surface area contributed by atoms with E-state index in [2.05, 4.69) is 6.92 Å². The number of aliphatic hydroxyl groups excluding tert-OH is 4. The van der Waals surface area contributed by atoms with Crippen molar-refractivity contribution < 1.29 is 29.9 Å². The lowest BCUT2D eigenvalue weighted by molar-refractivity contribution is -0.340. The molecule has 6 heteroatoms. The van der Waals surface area contributed by atoms with Gasteiger partial charge in [-0.3, -0.25) is 0 Å². The Kier molecular flexibility index (Phi) is 11.0. The highest BCUT2D eigenvalue weighted by molar-refractivity contribution is 4.84. The molecule has 0 radical (unpaired) electrons. The molecule has 1 heterocycles. The van der Waals surface area contributed by atoms with E-state index < -0.39 is 30.9 Å². The van der Waals surface area contributed by atoms with Crippen LogP contribution in [-0.4, -0.2) is 57.9 Å². The number of hydrogen-bond acceptors (Lipinski definition) is 6. The summed E-state index contributed by atoms with van der Waals surface area (Å²) >= 11 is 0. The fourth-order valence-corrected chi connectivity index (χ4v) is 2.76. The lowest BCUT2D eigenvalue weighted by Crippen LogP contribution is -2.58. The van der Waals surface area contributed by atoms with E-state index in [1.807, 2.05) is 0 Å². The van der Waals surface area contributed by atoms with Gasteiger partial charge in [0.1, 0.15) is 18.3 Å². The highest BCUT2D eigenvalue weighted by Crippen LogP contribution is 2.21. The molecule has 6 nitrogen and oxygen atoms in total. The number of ether oxygens (including phenoxy) is 2. The van der Waals surface area contributed by atoms with E-state index in [4.69, 9.17) is 9.47 Å². The van der Waals surface area contributed by atoms with Crippen LogP contribution in [0.15, 0.2) is 0 Å². The standard InChI is InChI=1S/C17H34O6/c1-2-3-4-5-6-7-8-9-10-11-12-22-17-15(20)13(18)14(19)16(21)23-17/h13-21H,2-12H2,1H3. The molecular weight excluding hydrogens is 300 g/mol. The van der Waals surface area contributed by atoms with Gasteiger partial charge in [-0.2, -0.15) is 0 Å². The van der Waals surface area contributed by atoms with Crippen LogP contribution in [0.2, 0.25) is 0 Å². The van der Waals surface area contributed by atoms with E-state index in [0.29, 0.717) is 6.61 Å². The van der Waals surface area contributed by atoms with Gasteiger partial charge in [-0.1, -0.05) is 64.7 Å². The van der Waals surface area contributed by atoms with Crippen LogP contribution in [0, 0.1) is 0 Å². The summed E-state index contributed by atoms with van der Waals surface area (Å²) in [6.45, 7) is 2.62. The summed E-state index contributed by atoms with van der Waals surface area (Å²) in [6, 6.07) is 0. The Morgan fingerprint density at radius 3 is 1.78 bits per heavy atom. The molecule has 1 fully saturated rings. The Labute approximate surface area is 139 Å². The van der Waals surface area contributed by atoms with Gasteiger partial charge < -0.3 is 29.9 Å². The van der Waals surface area contributed by atoms with Crippen molar-refractivity contribution in [2.45, 2.75) is 102 Å². The molecule has 4 N–H and O–H groups in total. The number of aliphatic hydroxyl groups is 4. The molecule has 0 aromatic carbocycles. The third-order valence-corrected chi connectivity index (χ3v) is 4.32. The van der Waals surface area contributed by atoms with Gasteiger partial charge in [0.25, 0.3) is 0 Å². The van der Waals surface area contributed by atoms with Crippen LogP contribution >= 0.6 is 0 Å². The first-order valence-electron chi connectivity index (χ1n) is 9.07. The Morgan fingerprint density at radius 2 is 1.22 bits per heavy atom. The third-order valence-electron chi connectivity index (χ3n) is 4.32. The largest absolute Gasteiger partial charge is 0.387 e. The molecule has 5 atom stereocenters. The average Bonchev–Trinajstić information content (AvgIpc) is 2.55. The lowest BCUT2D eigenvalue weighted by atomic mass is 10.0. The minimum absolute atomic E-state index is 0.397. The summed E-state index contributed by atoms with van der Waals surface area (Å²) in [5.41, 5.74) is 0. The molecule has 23 heavy (non-hydrogen) atoms. The van der Waals surface area contributed by atoms with Gasteiger partial charge in [0.2, 0.25) is 0 Å². The molecule has 0 aromatic rings. The normalized spacial score (nSPS) is 31.4. The van der Waals surface area contributed by atoms with E-state index in [9.17, 15) is 20.4 Å². The second-order valence-electron chi connectivity index (χ2n) is 6.42. The number of unbranched alkanes of at least 4 members (excludes halogenated alkanes) is 9. The first-order chi connectivity index (χ1) is 11.1. The molecular formula is C17H34O6. The molecule has 0 bridgehead atoms. The van der Waals surface area contributed by atoms with Gasteiger partial charge in [-0.05, 0) is 6.42 Å². The maximum atomic E-state index is 9.72. The van der Waals surface area contributed by atoms with E-state index in [0.717, 1.165) is 19.3 Å².